The van der Waals surface area contributed by atoms with Gasteiger partial charge < -0.3 is 18.0 Å². The number of methoxy groups -OCH3 is 1. The molecule has 0 spiro atoms. The molecule has 0 aromatic heterocycles. The van der Waals surface area contributed by atoms with E-state index in [1.54, 1.807) is 21.3 Å². The summed E-state index contributed by atoms with van der Waals surface area (Å²) in [5.41, 5.74) is -0.0286. The molecule has 2 unspecified atom stereocenters. The summed E-state index contributed by atoms with van der Waals surface area (Å²) in [6, 6.07) is -0.220. The number of hydrogen-bond donors (Lipinski definition) is 0. The Kier molecular flexibility index (Phi) is 6.41. The fraction of sp³-hybridized carbons (Fsp3) is 0.917. The van der Waals surface area contributed by atoms with Crippen molar-refractivity contribution in [3.05, 3.63) is 0 Å². The number of hydrogen-bond acceptors (Lipinski definition) is 6. The lowest BCUT2D eigenvalue weighted by molar-refractivity contribution is -0.146. The summed E-state index contributed by atoms with van der Waals surface area (Å²) in [6.07, 6.45) is 2.58. The van der Waals surface area contributed by atoms with Gasteiger partial charge in [-0.05, 0) is 25.8 Å². The van der Waals surface area contributed by atoms with Crippen molar-refractivity contribution >= 4 is 14.8 Å². The van der Waals surface area contributed by atoms with Crippen LogP contribution in [0.2, 0.25) is 0 Å². The second kappa shape index (κ2) is 7.35. The molecule has 1 aliphatic heterocycles. The number of likely N-dealkylation sites (tertiary alicyclic amines) is 1. The predicted molar refractivity (Wildman–Crippen MR) is 72.6 cm³/mol. The quantitative estimate of drug-likeness (QED) is 0.511. The van der Waals surface area contributed by atoms with Crippen molar-refractivity contribution in [3.8, 4) is 0 Å². The van der Waals surface area contributed by atoms with Gasteiger partial charge in [0.1, 0.15) is 6.04 Å². The van der Waals surface area contributed by atoms with Crippen LogP contribution in [0.15, 0.2) is 0 Å². The maximum Gasteiger partial charge on any atom is 0.518 e. The number of rotatable bonds is 7. The third-order valence-corrected chi connectivity index (χ3v) is 7.08. The van der Waals surface area contributed by atoms with Gasteiger partial charge in [0, 0.05) is 21.3 Å². The van der Waals surface area contributed by atoms with Gasteiger partial charge in [-0.2, -0.15) is 0 Å². The van der Waals surface area contributed by atoms with Gasteiger partial charge in [-0.1, -0.05) is 6.92 Å². The highest BCUT2D eigenvalue weighted by Gasteiger charge is 2.52. The first-order valence-corrected chi connectivity index (χ1v) is 8.39. The van der Waals surface area contributed by atoms with E-state index in [1.165, 1.54) is 7.11 Å². The fourth-order valence-electron chi connectivity index (χ4n) is 2.90. The summed E-state index contributed by atoms with van der Waals surface area (Å²) >= 11 is 0. The Labute approximate surface area is 116 Å². The zero-order valence-corrected chi connectivity index (χ0v) is 13.5. The molecule has 0 bridgehead atoms. The average molecular weight is 291 g/mol. The number of ether oxygens (including phenoxy) is 1. The smallest absolute Gasteiger partial charge is 0.468 e. The first kappa shape index (κ1) is 16.6. The van der Waals surface area contributed by atoms with Crippen LogP contribution >= 0.6 is 0 Å². The molecule has 0 amide bonds. The molecular formula is C12H25NO5Si. The molecule has 0 N–H and O–H groups in total. The lowest BCUT2D eigenvalue weighted by atomic mass is 10.2. The molecule has 1 aliphatic rings. The molecule has 1 fully saturated rings. The zero-order chi connectivity index (χ0) is 14.5. The Bertz CT molecular complexity index is 290. The third kappa shape index (κ3) is 3.17. The number of carbonyl (C=O) groups is 1. The van der Waals surface area contributed by atoms with Crippen molar-refractivity contribution in [1.29, 1.82) is 0 Å². The van der Waals surface area contributed by atoms with Gasteiger partial charge in [-0.15, -0.1) is 0 Å². The summed E-state index contributed by atoms with van der Waals surface area (Å²) in [4.78, 5) is 14.0. The minimum atomic E-state index is -2.79. The molecular weight excluding hydrogens is 266 g/mol. The van der Waals surface area contributed by atoms with E-state index in [-0.39, 0.29) is 17.7 Å². The standard InChI is InChI=1S/C12H25NO5Si/c1-6-11(19(16-3,17-4)18-5)13-9-7-8-10(13)12(14)15-2/h10-11H,6-9H2,1-5H3. The number of esters is 1. The van der Waals surface area contributed by atoms with Gasteiger partial charge in [-0.3, -0.25) is 9.69 Å². The van der Waals surface area contributed by atoms with Gasteiger partial charge in [0.25, 0.3) is 0 Å². The molecule has 1 heterocycles. The van der Waals surface area contributed by atoms with E-state index in [0.29, 0.717) is 0 Å². The van der Waals surface area contributed by atoms with Crippen LogP contribution in [0.5, 0.6) is 0 Å². The maximum atomic E-state index is 11.9. The van der Waals surface area contributed by atoms with Gasteiger partial charge in [-0.25, -0.2) is 0 Å². The normalized spacial score (nSPS) is 22.5. The Morgan fingerprint density at radius 2 is 1.84 bits per heavy atom. The predicted octanol–water partition coefficient (Wildman–Crippen LogP) is 0.820. The lowest BCUT2D eigenvalue weighted by Gasteiger charge is -2.39. The summed E-state index contributed by atoms with van der Waals surface area (Å²) in [6.45, 7) is 2.89. The van der Waals surface area contributed by atoms with Crippen molar-refractivity contribution in [3.63, 3.8) is 0 Å². The van der Waals surface area contributed by atoms with E-state index < -0.39 is 8.80 Å². The molecule has 0 radical (unpaired) electrons. The highest BCUT2D eigenvalue weighted by atomic mass is 28.4. The molecule has 6 nitrogen and oxygen atoms in total. The van der Waals surface area contributed by atoms with Crippen LogP contribution in [0, 0.1) is 0 Å². The maximum absolute atomic E-state index is 11.9. The SMILES string of the molecule is CCC(N1CCCC1C(=O)OC)[Si](OC)(OC)OC. The highest BCUT2D eigenvalue weighted by Crippen LogP contribution is 2.28. The van der Waals surface area contributed by atoms with E-state index in [0.717, 1.165) is 25.8 Å². The monoisotopic (exact) mass is 291 g/mol. The average Bonchev–Trinajstić information content (AvgIpc) is 2.93. The van der Waals surface area contributed by atoms with Crippen LogP contribution < -0.4 is 0 Å². The molecule has 0 aromatic carbocycles. The summed E-state index contributed by atoms with van der Waals surface area (Å²) < 4.78 is 21.6. The van der Waals surface area contributed by atoms with Crippen LogP contribution in [0.1, 0.15) is 26.2 Å². The Hall–Kier alpha value is -0.473. The van der Waals surface area contributed by atoms with Crippen molar-refractivity contribution in [2.75, 3.05) is 35.0 Å². The molecule has 2 atom stereocenters. The van der Waals surface area contributed by atoms with Crippen LogP contribution in [-0.2, 0) is 22.8 Å². The number of nitrogens with zero attached hydrogens (tertiary/aromatic N) is 1. The van der Waals surface area contributed by atoms with Gasteiger partial charge in [0.15, 0.2) is 0 Å². The summed E-state index contributed by atoms with van der Waals surface area (Å²) in [5.74, 6) is -0.192. The van der Waals surface area contributed by atoms with Crippen LogP contribution in [0.4, 0.5) is 0 Å². The van der Waals surface area contributed by atoms with E-state index in [9.17, 15) is 4.79 Å². The number of carbonyl (C=O) groups excluding carboxylic acids is 1. The minimum absolute atomic E-state index is 0.0286. The van der Waals surface area contributed by atoms with Gasteiger partial charge in [0.2, 0.25) is 0 Å². The topological polar surface area (TPSA) is 57.2 Å². The van der Waals surface area contributed by atoms with E-state index >= 15 is 0 Å². The second-order valence-corrected chi connectivity index (χ2v) is 7.66. The van der Waals surface area contributed by atoms with E-state index in [2.05, 4.69) is 11.8 Å². The highest BCUT2D eigenvalue weighted by molar-refractivity contribution is 6.62. The molecule has 0 aliphatic carbocycles. The van der Waals surface area contributed by atoms with E-state index in [4.69, 9.17) is 18.0 Å². The zero-order valence-electron chi connectivity index (χ0n) is 12.5. The first-order valence-electron chi connectivity index (χ1n) is 6.59. The van der Waals surface area contributed by atoms with Gasteiger partial charge in [0.05, 0.1) is 12.8 Å². The van der Waals surface area contributed by atoms with Crippen molar-refractivity contribution in [2.24, 2.45) is 0 Å². The largest absolute Gasteiger partial charge is 0.518 e. The lowest BCUT2D eigenvalue weighted by Crippen LogP contribution is -2.63. The Morgan fingerprint density at radius 1 is 1.26 bits per heavy atom. The third-order valence-electron chi connectivity index (χ3n) is 3.82. The van der Waals surface area contributed by atoms with Crippen LogP contribution in [-0.4, -0.2) is 66.4 Å². The molecule has 1 rings (SSSR count). The second-order valence-electron chi connectivity index (χ2n) is 4.56. The molecule has 1 saturated heterocycles. The molecule has 7 heteroatoms. The molecule has 0 aromatic rings. The van der Waals surface area contributed by atoms with Gasteiger partial charge >= 0.3 is 14.8 Å². The van der Waals surface area contributed by atoms with Crippen molar-refractivity contribution in [1.82, 2.24) is 4.90 Å². The fourth-order valence-corrected chi connectivity index (χ4v) is 5.43. The Morgan fingerprint density at radius 3 is 2.26 bits per heavy atom. The van der Waals surface area contributed by atoms with Crippen LogP contribution in [0.25, 0.3) is 0 Å². The Balaban J connectivity index is 2.97. The summed E-state index contributed by atoms with van der Waals surface area (Å²) in [5, 5.41) is 0. The van der Waals surface area contributed by atoms with Crippen molar-refractivity contribution < 1.29 is 22.8 Å². The minimum Gasteiger partial charge on any atom is -0.468 e. The van der Waals surface area contributed by atoms with Crippen molar-refractivity contribution in [2.45, 2.75) is 37.9 Å². The first-order chi connectivity index (χ1) is 9.10. The molecule has 0 saturated carbocycles. The summed E-state index contributed by atoms with van der Waals surface area (Å²) in [7, 11) is 3.44. The van der Waals surface area contributed by atoms with E-state index in [1.807, 2.05) is 0 Å². The molecule has 19 heavy (non-hydrogen) atoms. The molecule has 112 valence electrons. The van der Waals surface area contributed by atoms with Crippen LogP contribution in [0.3, 0.4) is 0 Å².